The predicted molar refractivity (Wildman–Crippen MR) is 81.3 cm³/mol. The van der Waals surface area contributed by atoms with E-state index in [-0.39, 0.29) is 11.9 Å². The van der Waals surface area contributed by atoms with Crippen molar-refractivity contribution in [3.8, 4) is 0 Å². The molecule has 0 aliphatic carbocycles. The number of carbonyl (C=O) groups excluding carboxylic acids is 1. The van der Waals surface area contributed by atoms with Crippen LogP contribution >= 0.6 is 11.3 Å². The molecule has 0 aromatic carbocycles. The maximum atomic E-state index is 12.6. The Bertz CT molecular complexity index is 631. The largest absolute Gasteiger partial charge is 0.294 e. The van der Waals surface area contributed by atoms with Crippen molar-refractivity contribution in [2.45, 2.75) is 45.7 Å². The topological polar surface area (TPSA) is 38.1 Å². The number of aryl methyl sites for hydroxylation is 1. The maximum Gasteiger partial charge on any atom is 0.233 e. The summed E-state index contributed by atoms with van der Waals surface area (Å²) in [4.78, 5) is 16.9. The van der Waals surface area contributed by atoms with E-state index >= 15 is 0 Å². The molecule has 2 aromatic heterocycles. The summed E-state index contributed by atoms with van der Waals surface area (Å²) in [5.41, 5.74) is 0. The molecule has 2 aromatic rings. The first-order valence-corrected chi connectivity index (χ1v) is 7.79. The predicted octanol–water partition coefficient (Wildman–Crippen LogP) is 3.18. The number of hydrogen-bond donors (Lipinski definition) is 0. The van der Waals surface area contributed by atoms with Crippen LogP contribution in [0.5, 0.6) is 0 Å². The lowest BCUT2D eigenvalue weighted by Crippen LogP contribution is -2.45. The van der Waals surface area contributed by atoms with Crippen molar-refractivity contribution in [1.29, 1.82) is 0 Å². The average Bonchev–Trinajstić information content (AvgIpc) is 2.98. The Labute approximate surface area is 123 Å². The van der Waals surface area contributed by atoms with E-state index in [1.807, 2.05) is 21.7 Å². The van der Waals surface area contributed by atoms with E-state index in [1.165, 1.54) is 4.88 Å². The van der Waals surface area contributed by atoms with Gasteiger partial charge in [0.1, 0.15) is 5.82 Å². The van der Waals surface area contributed by atoms with E-state index < -0.39 is 0 Å². The van der Waals surface area contributed by atoms with Crippen molar-refractivity contribution in [3.05, 3.63) is 34.2 Å². The number of carbonyl (C=O) groups is 1. The average molecular weight is 289 g/mol. The highest BCUT2D eigenvalue weighted by molar-refractivity contribution is 7.12. The third kappa shape index (κ3) is 2.26. The van der Waals surface area contributed by atoms with Crippen LogP contribution in [0.15, 0.2) is 24.4 Å². The van der Waals surface area contributed by atoms with Crippen LogP contribution < -0.4 is 4.90 Å². The second-order valence-corrected chi connectivity index (χ2v) is 6.89. The molecular weight excluding hydrogens is 270 g/mol. The van der Waals surface area contributed by atoms with Gasteiger partial charge in [-0.25, -0.2) is 4.68 Å². The first kappa shape index (κ1) is 13.4. The van der Waals surface area contributed by atoms with Gasteiger partial charge < -0.3 is 0 Å². The zero-order chi connectivity index (χ0) is 14.3. The minimum Gasteiger partial charge on any atom is -0.294 e. The molecule has 3 heterocycles. The van der Waals surface area contributed by atoms with Gasteiger partial charge >= 0.3 is 0 Å². The van der Waals surface area contributed by atoms with Gasteiger partial charge in [0.2, 0.25) is 5.91 Å². The second kappa shape index (κ2) is 5.05. The number of thiophene rings is 1. The monoisotopic (exact) mass is 289 g/mol. The summed E-state index contributed by atoms with van der Waals surface area (Å²) in [6.45, 7) is 6.33. The van der Waals surface area contributed by atoms with Gasteiger partial charge in [0.05, 0.1) is 18.7 Å². The molecule has 1 amide bonds. The highest BCUT2D eigenvalue weighted by atomic mass is 32.1. The van der Waals surface area contributed by atoms with E-state index in [0.29, 0.717) is 12.5 Å². The molecule has 0 saturated heterocycles. The summed E-state index contributed by atoms with van der Waals surface area (Å²) in [5, 5.41) is 4.34. The van der Waals surface area contributed by atoms with Gasteiger partial charge in [0.15, 0.2) is 0 Å². The molecule has 5 heteroatoms. The van der Waals surface area contributed by atoms with Crippen molar-refractivity contribution in [3.63, 3.8) is 0 Å². The third-order valence-electron chi connectivity index (χ3n) is 3.83. The Morgan fingerprint density at radius 1 is 1.35 bits per heavy atom. The van der Waals surface area contributed by atoms with Crippen LogP contribution in [0.2, 0.25) is 0 Å². The fraction of sp³-hybridized carbons (Fsp3) is 0.467. The smallest absolute Gasteiger partial charge is 0.233 e. The molecule has 0 spiro atoms. The van der Waals surface area contributed by atoms with E-state index in [0.717, 1.165) is 17.1 Å². The van der Waals surface area contributed by atoms with E-state index in [9.17, 15) is 4.79 Å². The van der Waals surface area contributed by atoms with Crippen molar-refractivity contribution in [2.24, 2.45) is 0 Å². The summed E-state index contributed by atoms with van der Waals surface area (Å²) in [6.07, 6.45) is 3.20. The highest BCUT2D eigenvalue weighted by Crippen LogP contribution is 2.32. The molecular formula is C15H19N3OS. The van der Waals surface area contributed by atoms with Gasteiger partial charge in [-0.1, -0.05) is 0 Å². The minimum absolute atomic E-state index is 0.160. The van der Waals surface area contributed by atoms with Crippen molar-refractivity contribution >= 4 is 23.1 Å². The number of anilines is 1. The van der Waals surface area contributed by atoms with Crippen molar-refractivity contribution in [2.75, 3.05) is 4.90 Å². The molecule has 2 atom stereocenters. The van der Waals surface area contributed by atoms with Gasteiger partial charge in [0.25, 0.3) is 0 Å². The van der Waals surface area contributed by atoms with Gasteiger partial charge in [-0.3, -0.25) is 9.69 Å². The number of rotatable bonds is 2. The number of aromatic nitrogens is 2. The van der Waals surface area contributed by atoms with Crippen LogP contribution in [-0.2, 0) is 11.2 Å². The molecule has 0 N–H and O–H groups in total. The first-order valence-electron chi connectivity index (χ1n) is 6.97. The van der Waals surface area contributed by atoms with Crippen LogP contribution in [-0.4, -0.2) is 21.7 Å². The zero-order valence-corrected chi connectivity index (χ0v) is 12.9. The lowest BCUT2D eigenvalue weighted by molar-refractivity contribution is -0.118. The number of fused-ring (bicyclic) bond motifs is 1. The van der Waals surface area contributed by atoms with Crippen LogP contribution in [0.1, 0.15) is 36.1 Å². The lowest BCUT2D eigenvalue weighted by Gasteiger charge is -2.37. The van der Waals surface area contributed by atoms with Gasteiger partial charge in [0, 0.05) is 21.9 Å². The van der Waals surface area contributed by atoms with Gasteiger partial charge in [-0.15, -0.1) is 11.3 Å². The molecule has 20 heavy (non-hydrogen) atoms. The molecule has 0 fully saturated rings. The normalized spacial score (nSPS) is 21.9. The van der Waals surface area contributed by atoms with Crippen LogP contribution in [0.4, 0.5) is 5.82 Å². The molecule has 0 saturated carbocycles. The summed E-state index contributed by atoms with van der Waals surface area (Å²) in [7, 11) is 0. The number of nitrogens with zero attached hydrogens (tertiary/aromatic N) is 3. The fourth-order valence-electron chi connectivity index (χ4n) is 2.95. The van der Waals surface area contributed by atoms with E-state index in [4.69, 9.17) is 0 Å². The zero-order valence-electron chi connectivity index (χ0n) is 12.0. The lowest BCUT2D eigenvalue weighted by atomic mass is 10.0. The number of amides is 1. The molecule has 4 nitrogen and oxygen atoms in total. The van der Waals surface area contributed by atoms with Crippen molar-refractivity contribution < 1.29 is 4.79 Å². The summed E-state index contributed by atoms with van der Waals surface area (Å²) in [6, 6.07) is 6.63. The Morgan fingerprint density at radius 3 is 2.85 bits per heavy atom. The Kier molecular flexibility index (Phi) is 3.38. The van der Waals surface area contributed by atoms with Gasteiger partial charge in [-0.05, 0) is 39.3 Å². The third-order valence-corrected chi connectivity index (χ3v) is 4.83. The Morgan fingerprint density at radius 2 is 2.15 bits per heavy atom. The highest BCUT2D eigenvalue weighted by Gasteiger charge is 2.32. The molecule has 106 valence electrons. The fourth-order valence-corrected chi connectivity index (χ4v) is 3.83. The second-order valence-electron chi connectivity index (χ2n) is 5.52. The Hall–Kier alpha value is -1.62. The molecule has 2 unspecified atom stereocenters. The van der Waals surface area contributed by atoms with E-state index in [2.05, 4.69) is 31.9 Å². The van der Waals surface area contributed by atoms with Crippen molar-refractivity contribution in [1.82, 2.24) is 9.78 Å². The molecule has 3 rings (SSSR count). The maximum absolute atomic E-state index is 12.6. The standard InChI is InChI=1S/C15H19N3OS/c1-10-8-11(2)18-14(6-7-16-18)17(10)15(19)9-13-5-4-12(3)20-13/h4-7,10-11H,8-9H2,1-3H3. The van der Waals surface area contributed by atoms with E-state index in [1.54, 1.807) is 17.5 Å². The minimum atomic E-state index is 0.160. The van der Waals surface area contributed by atoms with Gasteiger partial charge in [-0.2, -0.15) is 5.10 Å². The summed E-state index contributed by atoms with van der Waals surface area (Å²) in [5.74, 6) is 1.09. The molecule has 1 aliphatic rings. The summed E-state index contributed by atoms with van der Waals surface area (Å²) >= 11 is 1.70. The first-order chi connectivity index (χ1) is 9.56. The van der Waals surface area contributed by atoms with Crippen LogP contribution in [0.3, 0.4) is 0 Å². The quantitative estimate of drug-likeness (QED) is 0.851. The molecule has 1 aliphatic heterocycles. The number of hydrogen-bond acceptors (Lipinski definition) is 3. The van der Waals surface area contributed by atoms with Crippen LogP contribution in [0.25, 0.3) is 0 Å². The van der Waals surface area contributed by atoms with Crippen LogP contribution in [0, 0.1) is 6.92 Å². The SMILES string of the molecule is Cc1ccc(CC(=O)N2c3ccnn3C(C)CC2C)s1. The molecule has 0 radical (unpaired) electrons. The summed E-state index contributed by atoms with van der Waals surface area (Å²) < 4.78 is 1.96. The Balaban J connectivity index is 1.86. The molecule has 0 bridgehead atoms.